The van der Waals surface area contributed by atoms with E-state index in [4.69, 9.17) is 9.47 Å². The van der Waals surface area contributed by atoms with Gasteiger partial charge >= 0.3 is 12.0 Å². The van der Waals surface area contributed by atoms with Gasteiger partial charge in [0.15, 0.2) is 0 Å². The highest BCUT2D eigenvalue weighted by molar-refractivity contribution is 5.77. The highest BCUT2D eigenvalue weighted by Crippen LogP contribution is 2.23. The summed E-state index contributed by atoms with van der Waals surface area (Å²) in [5, 5.41) is 9.20. The molecule has 3 atom stereocenters. The second kappa shape index (κ2) is 6.41. The molecule has 2 fully saturated rings. The Labute approximate surface area is 118 Å². The van der Waals surface area contributed by atoms with Gasteiger partial charge in [0.2, 0.25) is 0 Å². The van der Waals surface area contributed by atoms with Crippen LogP contribution in [0.15, 0.2) is 0 Å². The van der Waals surface area contributed by atoms with Crippen LogP contribution in [0.1, 0.15) is 13.3 Å². The first-order chi connectivity index (χ1) is 9.58. The molecule has 114 valence electrons. The summed E-state index contributed by atoms with van der Waals surface area (Å²) in [4.78, 5) is 27.1. The fraction of sp³-hybridized carbons (Fsp3) is 0.846. The molecule has 2 aliphatic rings. The number of aliphatic carboxylic acids is 1. The number of carbonyl (C=O) groups excluding carboxylic acids is 1. The normalized spacial score (nSPS) is 29.7. The zero-order chi connectivity index (χ0) is 14.7. The third kappa shape index (κ3) is 2.88. The zero-order valence-corrected chi connectivity index (χ0v) is 11.9. The lowest BCUT2D eigenvalue weighted by atomic mass is 10.0. The summed E-state index contributed by atoms with van der Waals surface area (Å²) in [6.07, 6.45) is 0.899. The number of ether oxygens (including phenoxy) is 2. The van der Waals surface area contributed by atoms with Crippen molar-refractivity contribution in [2.45, 2.75) is 25.5 Å². The van der Waals surface area contributed by atoms with E-state index in [9.17, 15) is 14.7 Å². The number of hydrogen-bond acceptors (Lipinski definition) is 4. The SMILES string of the molecule is CCN(C(=O)N1CCC(OC)C1)C1COCC1C(=O)O. The molecule has 0 saturated carbocycles. The lowest BCUT2D eigenvalue weighted by Crippen LogP contribution is -2.51. The summed E-state index contributed by atoms with van der Waals surface area (Å²) in [5.74, 6) is -1.55. The second-order valence-corrected chi connectivity index (χ2v) is 5.21. The smallest absolute Gasteiger partial charge is 0.320 e. The number of hydrogen-bond donors (Lipinski definition) is 1. The summed E-state index contributed by atoms with van der Waals surface area (Å²) >= 11 is 0. The molecule has 7 nitrogen and oxygen atoms in total. The molecule has 0 aromatic rings. The molecule has 0 spiro atoms. The topological polar surface area (TPSA) is 79.3 Å². The molecule has 1 N–H and O–H groups in total. The molecule has 2 heterocycles. The quantitative estimate of drug-likeness (QED) is 0.801. The van der Waals surface area contributed by atoms with Crippen LogP contribution in [0.4, 0.5) is 4.79 Å². The van der Waals surface area contributed by atoms with E-state index in [2.05, 4.69) is 0 Å². The van der Waals surface area contributed by atoms with Crippen LogP contribution in [0.25, 0.3) is 0 Å². The van der Waals surface area contributed by atoms with Gasteiger partial charge in [-0.1, -0.05) is 0 Å². The number of nitrogens with zero attached hydrogens (tertiary/aromatic N) is 2. The van der Waals surface area contributed by atoms with E-state index in [-0.39, 0.29) is 31.4 Å². The molecule has 2 rings (SSSR count). The Balaban J connectivity index is 2.04. The van der Waals surface area contributed by atoms with Crippen molar-refractivity contribution in [1.82, 2.24) is 9.80 Å². The average Bonchev–Trinajstić information content (AvgIpc) is 3.08. The van der Waals surface area contributed by atoms with Gasteiger partial charge < -0.3 is 24.4 Å². The number of carboxylic acids is 1. The van der Waals surface area contributed by atoms with Crippen molar-refractivity contribution in [2.75, 3.05) is 40.0 Å². The fourth-order valence-electron chi connectivity index (χ4n) is 2.87. The summed E-state index contributed by atoms with van der Waals surface area (Å²) in [6, 6.07) is -0.500. The number of urea groups is 1. The first kappa shape index (κ1) is 15.1. The Hall–Kier alpha value is -1.34. The monoisotopic (exact) mass is 286 g/mol. The molecule has 0 bridgehead atoms. The van der Waals surface area contributed by atoms with Gasteiger partial charge in [0.1, 0.15) is 5.92 Å². The number of carbonyl (C=O) groups is 2. The molecule has 0 aromatic carbocycles. The van der Waals surface area contributed by atoms with Crippen LogP contribution in [0.3, 0.4) is 0 Å². The van der Waals surface area contributed by atoms with Crippen molar-refractivity contribution in [1.29, 1.82) is 0 Å². The van der Waals surface area contributed by atoms with Gasteiger partial charge in [0, 0.05) is 26.7 Å². The fourth-order valence-corrected chi connectivity index (χ4v) is 2.87. The van der Waals surface area contributed by atoms with E-state index in [1.807, 2.05) is 6.92 Å². The Morgan fingerprint density at radius 2 is 2.20 bits per heavy atom. The summed E-state index contributed by atoms with van der Waals surface area (Å²) in [5.41, 5.74) is 0. The number of carboxylic acid groups (broad SMARTS) is 1. The highest BCUT2D eigenvalue weighted by atomic mass is 16.5. The minimum atomic E-state index is -0.907. The Morgan fingerprint density at radius 1 is 1.45 bits per heavy atom. The molecular weight excluding hydrogens is 264 g/mol. The Kier molecular flexibility index (Phi) is 4.82. The van der Waals surface area contributed by atoms with Crippen LogP contribution in [-0.4, -0.2) is 79.0 Å². The number of amides is 2. The zero-order valence-electron chi connectivity index (χ0n) is 11.9. The van der Waals surface area contributed by atoms with Crippen LogP contribution in [0.2, 0.25) is 0 Å². The van der Waals surface area contributed by atoms with Crippen molar-refractivity contribution >= 4 is 12.0 Å². The van der Waals surface area contributed by atoms with Crippen molar-refractivity contribution in [2.24, 2.45) is 5.92 Å². The predicted molar refractivity (Wildman–Crippen MR) is 70.5 cm³/mol. The van der Waals surface area contributed by atoms with E-state index in [1.54, 1.807) is 16.9 Å². The van der Waals surface area contributed by atoms with Gasteiger partial charge in [-0.25, -0.2) is 4.79 Å². The lowest BCUT2D eigenvalue weighted by molar-refractivity contribution is -0.142. The molecule has 2 saturated heterocycles. The van der Waals surface area contributed by atoms with Gasteiger partial charge in [-0.3, -0.25) is 4.79 Å². The number of rotatable bonds is 4. The minimum Gasteiger partial charge on any atom is -0.481 e. The molecule has 2 aliphatic heterocycles. The molecule has 2 amide bonds. The van der Waals surface area contributed by atoms with Crippen molar-refractivity contribution in [3.63, 3.8) is 0 Å². The predicted octanol–water partition coefficient (Wildman–Crippen LogP) is 0.249. The van der Waals surface area contributed by atoms with E-state index >= 15 is 0 Å². The maximum Gasteiger partial charge on any atom is 0.320 e. The maximum absolute atomic E-state index is 12.5. The van der Waals surface area contributed by atoms with E-state index in [0.29, 0.717) is 19.6 Å². The van der Waals surface area contributed by atoms with Crippen LogP contribution in [0, 0.1) is 5.92 Å². The maximum atomic E-state index is 12.5. The molecule has 3 unspecified atom stereocenters. The van der Waals surface area contributed by atoms with Gasteiger partial charge in [-0.05, 0) is 13.3 Å². The third-order valence-corrected chi connectivity index (χ3v) is 4.10. The molecule has 0 aliphatic carbocycles. The molecule has 20 heavy (non-hydrogen) atoms. The van der Waals surface area contributed by atoms with Gasteiger partial charge in [-0.2, -0.15) is 0 Å². The first-order valence-electron chi connectivity index (χ1n) is 6.97. The molecule has 0 radical (unpaired) electrons. The van der Waals surface area contributed by atoms with Crippen molar-refractivity contribution in [3.05, 3.63) is 0 Å². The van der Waals surface area contributed by atoms with Crippen molar-refractivity contribution < 1.29 is 24.2 Å². The van der Waals surface area contributed by atoms with Crippen LogP contribution < -0.4 is 0 Å². The van der Waals surface area contributed by atoms with Crippen LogP contribution in [0.5, 0.6) is 0 Å². The van der Waals surface area contributed by atoms with E-state index in [1.165, 1.54) is 0 Å². The number of likely N-dealkylation sites (tertiary alicyclic amines) is 1. The Bertz CT molecular complexity index is 376. The highest BCUT2D eigenvalue weighted by Gasteiger charge is 2.41. The minimum absolute atomic E-state index is 0.0766. The number of methoxy groups -OCH3 is 1. The lowest BCUT2D eigenvalue weighted by Gasteiger charge is -2.33. The van der Waals surface area contributed by atoms with Gasteiger partial charge in [0.05, 0.1) is 25.4 Å². The number of likely N-dealkylation sites (N-methyl/N-ethyl adjacent to an activating group) is 1. The first-order valence-corrected chi connectivity index (χ1v) is 6.97. The van der Waals surface area contributed by atoms with Crippen LogP contribution >= 0.6 is 0 Å². The molecular formula is C13H22N2O5. The largest absolute Gasteiger partial charge is 0.481 e. The summed E-state index contributed by atoms with van der Waals surface area (Å²) in [6.45, 7) is 4.02. The van der Waals surface area contributed by atoms with E-state index < -0.39 is 11.9 Å². The molecule has 0 aromatic heterocycles. The Morgan fingerprint density at radius 3 is 2.75 bits per heavy atom. The second-order valence-electron chi connectivity index (χ2n) is 5.21. The van der Waals surface area contributed by atoms with E-state index in [0.717, 1.165) is 6.42 Å². The van der Waals surface area contributed by atoms with Gasteiger partial charge in [0.25, 0.3) is 0 Å². The average molecular weight is 286 g/mol. The van der Waals surface area contributed by atoms with Crippen LogP contribution in [-0.2, 0) is 14.3 Å². The summed E-state index contributed by atoms with van der Waals surface area (Å²) < 4.78 is 10.5. The van der Waals surface area contributed by atoms with Gasteiger partial charge in [-0.15, -0.1) is 0 Å². The molecule has 7 heteroatoms. The van der Waals surface area contributed by atoms with Crippen molar-refractivity contribution in [3.8, 4) is 0 Å². The summed E-state index contributed by atoms with van der Waals surface area (Å²) in [7, 11) is 1.64. The third-order valence-electron chi connectivity index (χ3n) is 4.10. The standard InChI is InChI=1S/C13H22N2O5/c1-3-15(11-8-20-7-10(11)12(16)17)13(18)14-5-4-9(6-14)19-2/h9-11H,3-8H2,1-2H3,(H,16,17).